The van der Waals surface area contributed by atoms with Crippen LogP contribution in [-0.4, -0.2) is 59.3 Å². The van der Waals surface area contributed by atoms with Gasteiger partial charge in [0.05, 0.1) is 49.6 Å². The quantitative estimate of drug-likeness (QED) is 0.147. The zero-order valence-corrected chi connectivity index (χ0v) is 24.6. The minimum atomic E-state index is -0.0702. The lowest BCUT2D eigenvalue weighted by atomic mass is 10.0. The number of rotatable bonds is 13. The molecule has 226 valence electrons. The number of hydrogen-bond acceptors (Lipinski definition) is 10. The van der Waals surface area contributed by atoms with Crippen LogP contribution in [0.25, 0.3) is 44.6 Å². The van der Waals surface area contributed by atoms with Gasteiger partial charge in [0.15, 0.2) is 5.82 Å². The van der Waals surface area contributed by atoms with Crippen LogP contribution in [0, 0.1) is 5.21 Å². The van der Waals surface area contributed by atoms with Crippen molar-refractivity contribution in [3.8, 4) is 28.5 Å². The first-order valence-corrected chi connectivity index (χ1v) is 15.4. The normalized spacial score (nSPS) is 12.5. The molecule has 0 unspecified atom stereocenters. The van der Waals surface area contributed by atoms with Gasteiger partial charge in [0, 0.05) is 40.1 Å². The number of thiophene rings is 1. The average molecular weight is 615 g/mol. The smallest absolute Gasteiger partial charge is 0.261 e. The van der Waals surface area contributed by atoms with Crippen molar-refractivity contribution in [2.75, 3.05) is 39.6 Å². The lowest BCUT2D eigenvalue weighted by Gasteiger charge is -2.19. The molecule has 0 bridgehead atoms. The van der Waals surface area contributed by atoms with E-state index in [4.69, 9.17) is 23.8 Å². The Balaban J connectivity index is 0.845. The first-order valence-electron chi connectivity index (χ1n) is 14.4. The number of benzene rings is 2. The van der Waals surface area contributed by atoms with Gasteiger partial charge in [-0.05, 0) is 52.6 Å². The Morgan fingerprint density at radius 3 is 2.82 bits per heavy atom. The number of aryl methyl sites for hydroxylation is 1. The van der Waals surface area contributed by atoms with Crippen LogP contribution in [0.4, 0.5) is 0 Å². The fourth-order valence-corrected chi connectivity index (χ4v) is 6.13. The van der Waals surface area contributed by atoms with Crippen LogP contribution >= 0.6 is 11.3 Å². The Labute approximate surface area is 255 Å². The van der Waals surface area contributed by atoms with E-state index in [2.05, 4.69) is 21.5 Å². The van der Waals surface area contributed by atoms with Gasteiger partial charge in [0.25, 0.3) is 11.3 Å². The SMILES string of the molecule is O=c1c2cc(OCCOCCOCCNCc3c(-c4ccsc4)no[n+]3[O-])ccc2nc2n1CCc1c-2[nH]c2ccccc12. The Hall–Kier alpha value is -4.56. The predicted octanol–water partition coefficient (Wildman–Crippen LogP) is 3.65. The monoisotopic (exact) mass is 614 g/mol. The molecule has 1 aliphatic rings. The molecule has 1 aliphatic heterocycles. The molecule has 0 radical (unpaired) electrons. The van der Waals surface area contributed by atoms with Crippen LogP contribution in [0.5, 0.6) is 5.75 Å². The van der Waals surface area contributed by atoms with Crippen LogP contribution in [0.2, 0.25) is 0 Å². The molecule has 2 N–H and O–H groups in total. The molecule has 6 aromatic rings. The third-order valence-corrected chi connectivity index (χ3v) is 8.31. The van der Waals surface area contributed by atoms with E-state index in [0.29, 0.717) is 91.4 Å². The summed E-state index contributed by atoms with van der Waals surface area (Å²) in [6.07, 6.45) is 0.772. The van der Waals surface area contributed by atoms with Gasteiger partial charge in [-0.3, -0.25) is 14.0 Å². The summed E-state index contributed by atoms with van der Waals surface area (Å²) in [6.45, 7) is 3.49. The average Bonchev–Trinajstić information content (AvgIpc) is 3.79. The summed E-state index contributed by atoms with van der Waals surface area (Å²) in [5, 5.41) is 24.5. The molecule has 4 aromatic heterocycles. The largest absolute Gasteiger partial charge is 0.491 e. The zero-order valence-electron chi connectivity index (χ0n) is 23.8. The van der Waals surface area contributed by atoms with Gasteiger partial charge >= 0.3 is 0 Å². The van der Waals surface area contributed by atoms with Crippen molar-refractivity contribution in [3.63, 3.8) is 0 Å². The fourth-order valence-electron chi connectivity index (χ4n) is 5.49. The van der Waals surface area contributed by atoms with E-state index < -0.39 is 0 Å². The Bertz CT molecular complexity index is 1960. The van der Waals surface area contributed by atoms with Gasteiger partial charge in [-0.2, -0.15) is 11.3 Å². The summed E-state index contributed by atoms with van der Waals surface area (Å²) >= 11 is 1.53. The molecule has 2 aromatic carbocycles. The molecule has 0 saturated heterocycles. The number of nitrogens with zero attached hydrogens (tertiary/aromatic N) is 4. The van der Waals surface area contributed by atoms with Crippen molar-refractivity contribution >= 4 is 33.1 Å². The van der Waals surface area contributed by atoms with Crippen LogP contribution in [0.15, 0.2) is 68.7 Å². The summed E-state index contributed by atoms with van der Waals surface area (Å²) in [5.74, 6) is 1.27. The lowest BCUT2D eigenvalue weighted by Crippen LogP contribution is -2.32. The summed E-state index contributed by atoms with van der Waals surface area (Å²) in [5.41, 5.74) is 5.58. The maximum Gasteiger partial charge on any atom is 0.261 e. The number of ether oxygens (including phenoxy) is 3. The molecule has 5 heterocycles. The summed E-state index contributed by atoms with van der Waals surface area (Å²) in [6, 6.07) is 15.5. The van der Waals surface area contributed by atoms with Gasteiger partial charge in [-0.25, -0.2) is 4.98 Å². The standard InChI is InChI=1S/C31H30N6O6S/c38-31-24-17-21(5-6-26(24)34-30-29-23(7-10-36(30)31)22-3-1-2-4-25(22)33-29)42-15-14-41-13-12-40-11-9-32-18-27-28(35-43-37(27)39)20-8-16-44-19-20/h1-6,8,16-17,19,32-33H,7,9-15,18H2. The number of H-pyrrole nitrogens is 1. The molecule has 12 nitrogen and oxygen atoms in total. The highest BCUT2D eigenvalue weighted by atomic mass is 32.1. The van der Waals surface area contributed by atoms with E-state index in [1.54, 1.807) is 10.6 Å². The summed E-state index contributed by atoms with van der Waals surface area (Å²) < 4.78 is 23.6. The second-order valence-corrected chi connectivity index (χ2v) is 11.1. The van der Waals surface area contributed by atoms with Crippen molar-refractivity contribution < 1.29 is 23.7 Å². The van der Waals surface area contributed by atoms with Crippen LogP contribution in [0.3, 0.4) is 0 Å². The third-order valence-electron chi connectivity index (χ3n) is 7.63. The minimum absolute atomic E-state index is 0.0702. The predicted molar refractivity (Wildman–Crippen MR) is 165 cm³/mol. The fraction of sp³-hybridized carbons (Fsp3) is 0.290. The summed E-state index contributed by atoms with van der Waals surface area (Å²) in [7, 11) is 0. The number of para-hydroxylation sites is 1. The van der Waals surface area contributed by atoms with Crippen LogP contribution < -0.4 is 20.5 Å². The second kappa shape index (κ2) is 12.6. The first-order chi connectivity index (χ1) is 21.7. The number of nitrogens with one attached hydrogen (secondary N) is 2. The maximum atomic E-state index is 13.4. The maximum absolute atomic E-state index is 13.4. The molecule has 0 atom stereocenters. The van der Waals surface area contributed by atoms with Crippen LogP contribution in [0.1, 0.15) is 11.3 Å². The minimum Gasteiger partial charge on any atom is -0.491 e. The molecule has 44 heavy (non-hydrogen) atoms. The zero-order chi connectivity index (χ0) is 29.9. The molecular weight excluding hydrogens is 584 g/mol. The highest BCUT2D eigenvalue weighted by molar-refractivity contribution is 7.08. The second-order valence-electron chi connectivity index (χ2n) is 10.3. The molecule has 0 aliphatic carbocycles. The van der Waals surface area contributed by atoms with Crippen molar-refractivity contribution in [1.29, 1.82) is 0 Å². The van der Waals surface area contributed by atoms with Gasteiger partial charge in [0.1, 0.15) is 12.4 Å². The number of hydrogen-bond donors (Lipinski definition) is 2. The molecule has 0 spiro atoms. The third kappa shape index (κ3) is 5.57. The topological polar surface area (TPSA) is 143 Å². The first kappa shape index (κ1) is 28.2. The molecule has 0 fully saturated rings. The summed E-state index contributed by atoms with van der Waals surface area (Å²) in [4.78, 5) is 22.2. The van der Waals surface area contributed by atoms with Gasteiger partial charge < -0.3 is 29.7 Å². The molecule has 0 amide bonds. The molecule has 13 heteroatoms. The Morgan fingerprint density at radius 1 is 1.07 bits per heavy atom. The number of fused-ring (bicyclic) bond motifs is 6. The van der Waals surface area contributed by atoms with E-state index in [0.717, 1.165) is 23.2 Å². The van der Waals surface area contributed by atoms with E-state index in [1.807, 2.05) is 47.2 Å². The van der Waals surface area contributed by atoms with E-state index in [-0.39, 0.29) is 5.56 Å². The Kier molecular flexibility index (Phi) is 8.07. The van der Waals surface area contributed by atoms with Gasteiger partial charge in [-0.15, -0.1) is 0 Å². The van der Waals surface area contributed by atoms with E-state index >= 15 is 0 Å². The van der Waals surface area contributed by atoms with Crippen LogP contribution in [-0.2, 0) is 29.0 Å². The van der Waals surface area contributed by atoms with E-state index in [9.17, 15) is 10.0 Å². The molecule has 0 saturated carbocycles. The molecule has 7 rings (SSSR count). The van der Waals surface area contributed by atoms with Crippen molar-refractivity contribution in [1.82, 2.24) is 25.0 Å². The number of aromatic amines is 1. The number of aromatic nitrogens is 5. The van der Waals surface area contributed by atoms with Crippen molar-refractivity contribution in [2.24, 2.45) is 0 Å². The Morgan fingerprint density at radius 2 is 1.93 bits per heavy atom. The highest BCUT2D eigenvalue weighted by Crippen LogP contribution is 2.33. The van der Waals surface area contributed by atoms with Gasteiger partial charge in [-0.1, -0.05) is 18.2 Å². The van der Waals surface area contributed by atoms with Crippen molar-refractivity contribution in [3.05, 3.63) is 86.1 Å². The van der Waals surface area contributed by atoms with Gasteiger partial charge in [0.2, 0.25) is 5.69 Å². The highest BCUT2D eigenvalue weighted by Gasteiger charge is 2.24. The van der Waals surface area contributed by atoms with Crippen molar-refractivity contribution in [2.45, 2.75) is 19.5 Å². The molecular formula is C31H30N6O6S. The lowest BCUT2D eigenvalue weighted by molar-refractivity contribution is -0.808. The van der Waals surface area contributed by atoms with E-state index in [1.165, 1.54) is 22.3 Å².